The van der Waals surface area contributed by atoms with E-state index >= 15 is 0 Å². The molecule has 2 aromatic carbocycles. The van der Waals surface area contributed by atoms with Crippen molar-refractivity contribution in [3.05, 3.63) is 52.0 Å². The number of aromatic carboxylic acids is 1. The standard InChI is InChI=1S/C15H15BrN2O2/c1-2-9-8-10(16)6-7-12(9)18-13-5-3-4-11(14(13)17)15(19)20/h3-8,18H,2,17H2,1H3,(H,19,20). The minimum atomic E-state index is -1.03. The van der Waals surface area contributed by atoms with Gasteiger partial charge in [0.1, 0.15) is 0 Å². The van der Waals surface area contributed by atoms with E-state index in [0.717, 1.165) is 22.1 Å². The Kier molecular flexibility index (Phi) is 4.29. The lowest BCUT2D eigenvalue weighted by atomic mass is 10.1. The molecule has 0 aliphatic heterocycles. The van der Waals surface area contributed by atoms with Gasteiger partial charge in [-0.05, 0) is 42.3 Å². The quantitative estimate of drug-likeness (QED) is 0.737. The Morgan fingerprint density at radius 1 is 1.30 bits per heavy atom. The van der Waals surface area contributed by atoms with E-state index in [0.29, 0.717) is 5.69 Å². The molecule has 104 valence electrons. The summed E-state index contributed by atoms with van der Waals surface area (Å²) in [5.41, 5.74) is 8.89. The second-order valence-electron chi connectivity index (χ2n) is 4.35. The van der Waals surface area contributed by atoms with Crippen molar-refractivity contribution in [2.24, 2.45) is 0 Å². The Labute approximate surface area is 125 Å². The number of rotatable bonds is 4. The van der Waals surface area contributed by atoms with E-state index in [1.54, 1.807) is 12.1 Å². The molecular formula is C15H15BrN2O2. The average Bonchev–Trinajstić information content (AvgIpc) is 2.42. The van der Waals surface area contributed by atoms with Gasteiger partial charge in [0, 0.05) is 10.2 Å². The van der Waals surface area contributed by atoms with Gasteiger partial charge in [-0.3, -0.25) is 0 Å². The highest BCUT2D eigenvalue weighted by Crippen LogP contribution is 2.29. The van der Waals surface area contributed by atoms with Crippen LogP contribution in [0.4, 0.5) is 17.1 Å². The van der Waals surface area contributed by atoms with Crippen LogP contribution >= 0.6 is 15.9 Å². The van der Waals surface area contributed by atoms with Crippen LogP contribution in [0.5, 0.6) is 0 Å². The molecule has 0 atom stereocenters. The molecule has 20 heavy (non-hydrogen) atoms. The number of anilines is 3. The molecule has 0 radical (unpaired) electrons. The number of benzene rings is 2. The number of hydrogen-bond acceptors (Lipinski definition) is 3. The molecule has 0 bridgehead atoms. The largest absolute Gasteiger partial charge is 0.478 e. The Hall–Kier alpha value is -2.01. The fourth-order valence-corrected chi connectivity index (χ4v) is 2.39. The first-order chi connectivity index (χ1) is 9.52. The molecule has 0 aliphatic carbocycles. The van der Waals surface area contributed by atoms with Gasteiger partial charge >= 0.3 is 5.97 Å². The van der Waals surface area contributed by atoms with Crippen molar-refractivity contribution in [1.82, 2.24) is 0 Å². The Bertz CT molecular complexity index is 656. The van der Waals surface area contributed by atoms with E-state index in [4.69, 9.17) is 10.8 Å². The van der Waals surface area contributed by atoms with Gasteiger partial charge in [0.25, 0.3) is 0 Å². The third-order valence-electron chi connectivity index (χ3n) is 3.05. The zero-order valence-electron chi connectivity index (χ0n) is 11.0. The van der Waals surface area contributed by atoms with Crippen LogP contribution in [0.15, 0.2) is 40.9 Å². The van der Waals surface area contributed by atoms with Gasteiger partial charge in [-0.1, -0.05) is 28.9 Å². The van der Waals surface area contributed by atoms with E-state index in [2.05, 4.69) is 28.2 Å². The molecule has 0 saturated heterocycles. The Balaban J connectivity index is 2.40. The molecule has 2 aromatic rings. The summed E-state index contributed by atoms with van der Waals surface area (Å²) in [6.45, 7) is 2.06. The highest BCUT2D eigenvalue weighted by Gasteiger charge is 2.12. The van der Waals surface area contributed by atoms with E-state index in [1.807, 2.05) is 18.2 Å². The van der Waals surface area contributed by atoms with Crippen LogP contribution in [-0.4, -0.2) is 11.1 Å². The number of nitrogen functional groups attached to an aromatic ring is 1. The minimum absolute atomic E-state index is 0.102. The van der Waals surface area contributed by atoms with E-state index in [9.17, 15) is 4.79 Å². The first-order valence-electron chi connectivity index (χ1n) is 6.20. The zero-order valence-corrected chi connectivity index (χ0v) is 12.6. The normalized spacial score (nSPS) is 10.3. The number of aryl methyl sites for hydroxylation is 1. The van der Waals surface area contributed by atoms with Crippen molar-refractivity contribution >= 4 is 39.0 Å². The van der Waals surface area contributed by atoms with Gasteiger partial charge in [-0.2, -0.15) is 0 Å². The lowest BCUT2D eigenvalue weighted by Gasteiger charge is -2.14. The second kappa shape index (κ2) is 5.96. The van der Waals surface area contributed by atoms with Crippen LogP contribution in [0.3, 0.4) is 0 Å². The number of carboxylic acids is 1. The van der Waals surface area contributed by atoms with Crippen molar-refractivity contribution < 1.29 is 9.90 Å². The molecule has 4 nitrogen and oxygen atoms in total. The number of hydrogen-bond donors (Lipinski definition) is 3. The Morgan fingerprint density at radius 3 is 2.70 bits per heavy atom. The first kappa shape index (κ1) is 14.4. The molecule has 2 rings (SSSR count). The lowest BCUT2D eigenvalue weighted by Crippen LogP contribution is -2.06. The van der Waals surface area contributed by atoms with Crippen LogP contribution in [-0.2, 0) is 6.42 Å². The summed E-state index contributed by atoms with van der Waals surface area (Å²) in [6, 6.07) is 10.8. The smallest absolute Gasteiger partial charge is 0.337 e. The summed E-state index contributed by atoms with van der Waals surface area (Å²) in [4.78, 5) is 11.1. The van der Waals surface area contributed by atoms with Crippen molar-refractivity contribution in [2.45, 2.75) is 13.3 Å². The zero-order chi connectivity index (χ0) is 14.7. The summed E-state index contributed by atoms with van der Waals surface area (Å²) >= 11 is 3.44. The monoisotopic (exact) mass is 334 g/mol. The van der Waals surface area contributed by atoms with Crippen LogP contribution in [0.2, 0.25) is 0 Å². The van der Waals surface area contributed by atoms with Crippen LogP contribution in [0.1, 0.15) is 22.8 Å². The van der Waals surface area contributed by atoms with Crippen molar-refractivity contribution in [2.75, 3.05) is 11.1 Å². The predicted molar refractivity (Wildman–Crippen MR) is 84.6 cm³/mol. The number of nitrogens with two attached hydrogens (primary N) is 1. The highest BCUT2D eigenvalue weighted by atomic mass is 79.9. The van der Waals surface area contributed by atoms with Gasteiger partial charge in [0.2, 0.25) is 0 Å². The molecule has 4 N–H and O–H groups in total. The molecule has 0 amide bonds. The summed E-state index contributed by atoms with van der Waals surface area (Å²) in [7, 11) is 0. The molecule has 0 aromatic heterocycles. The molecule has 0 fully saturated rings. The van der Waals surface area contributed by atoms with Gasteiger partial charge in [0.05, 0.1) is 16.9 Å². The third-order valence-corrected chi connectivity index (χ3v) is 3.55. The molecular weight excluding hydrogens is 320 g/mol. The predicted octanol–water partition coefficient (Wildman–Crippen LogP) is 4.04. The maximum atomic E-state index is 11.1. The maximum absolute atomic E-state index is 11.1. The second-order valence-corrected chi connectivity index (χ2v) is 5.27. The number of para-hydroxylation sites is 1. The maximum Gasteiger partial charge on any atom is 0.337 e. The minimum Gasteiger partial charge on any atom is -0.478 e. The molecule has 0 heterocycles. The number of carboxylic acid groups (broad SMARTS) is 1. The van der Waals surface area contributed by atoms with Gasteiger partial charge in [-0.25, -0.2) is 4.79 Å². The van der Waals surface area contributed by atoms with Gasteiger partial charge in [-0.15, -0.1) is 0 Å². The molecule has 5 heteroatoms. The molecule has 0 unspecified atom stereocenters. The number of halogens is 1. The Morgan fingerprint density at radius 2 is 2.05 bits per heavy atom. The van der Waals surface area contributed by atoms with Gasteiger partial charge < -0.3 is 16.2 Å². The number of carbonyl (C=O) groups is 1. The van der Waals surface area contributed by atoms with Gasteiger partial charge in [0.15, 0.2) is 0 Å². The number of nitrogens with one attached hydrogen (secondary N) is 1. The van der Waals surface area contributed by atoms with Crippen molar-refractivity contribution in [1.29, 1.82) is 0 Å². The average molecular weight is 335 g/mol. The molecule has 0 saturated carbocycles. The van der Waals surface area contributed by atoms with E-state index in [1.165, 1.54) is 6.07 Å². The molecule has 0 spiro atoms. The van der Waals surface area contributed by atoms with E-state index in [-0.39, 0.29) is 11.3 Å². The van der Waals surface area contributed by atoms with Crippen LogP contribution in [0, 0.1) is 0 Å². The molecule has 0 aliphatic rings. The highest BCUT2D eigenvalue weighted by molar-refractivity contribution is 9.10. The van der Waals surface area contributed by atoms with E-state index < -0.39 is 5.97 Å². The SMILES string of the molecule is CCc1cc(Br)ccc1Nc1cccc(C(=O)O)c1N. The van der Waals surface area contributed by atoms with Crippen LogP contribution in [0.25, 0.3) is 0 Å². The first-order valence-corrected chi connectivity index (χ1v) is 6.99. The van der Waals surface area contributed by atoms with Crippen molar-refractivity contribution in [3.63, 3.8) is 0 Å². The third kappa shape index (κ3) is 2.93. The van der Waals surface area contributed by atoms with Crippen LogP contribution < -0.4 is 11.1 Å². The topological polar surface area (TPSA) is 75.3 Å². The fourth-order valence-electron chi connectivity index (χ4n) is 1.98. The summed E-state index contributed by atoms with van der Waals surface area (Å²) in [6.07, 6.45) is 0.861. The lowest BCUT2D eigenvalue weighted by molar-refractivity contribution is 0.0698. The summed E-state index contributed by atoms with van der Waals surface area (Å²) in [5, 5.41) is 12.3. The summed E-state index contributed by atoms with van der Waals surface area (Å²) in [5.74, 6) is -1.03. The summed E-state index contributed by atoms with van der Waals surface area (Å²) < 4.78 is 1.01. The fraction of sp³-hybridized carbons (Fsp3) is 0.133. The van der Waals surface area contributed by atoms with Crippen molar-refractivity contribution in [3.8, 4) is 0 Å².